The van der Waals surface area contributed by atoms with Crippen LogP contribution in [-0.2, 0) is 0 Å². The van der Waals surface area contributed by atoms with Crippen LogP contribution in [0, 0.1) is 0 Å². The monoisotopic (exact) mass is 856 g/mol. The van der Waals surface area contributed by atoms with Gasteiger partial charge in [0.05, 0.1) is 22.4 Å². The summed E-state index contributed by atoms with van der Waals surface area (Å²) >= 11 is 0. The average Bonchev–Trinajstić information content (AvgIpc) is 3.96. The van der Waals surface area contributed by atoms with E-state index in [-0.39, 0.29) is 0 Å². The average molecular weight is 857 g/mol. The molecular formula is C64H44N2O. The van der Waals surface area contributed by atoms with Crippen LogP contribution in [0.25, 0.3) is 93.6 Å². The highest BCUT2D eigenvalue weighted by Crippen LogP contribution is 2.44. The summed E-state index contributed by atoms with van der Waals surface area (Å²) in [6, 6.07) is 83.6. The predicted molar refractivity (Wildman–Crippen MR) is 283 cm³/mol. The van der Waals surface area contributed by atoms with E-state index in [2.05, 4.69) is 246 Å². The van der Waals surface area contributed by atoms with Gasteiger partial charge in [-0.1, -0.05) is 188 Å². The second-order valence-corrected chi connectivity index (χ2v) is 17.5. The number of rotatable bonds is 8. The summed E-state index contributed by atoms with van der Waals surface area (Å²) < 4.78 is 8.94. The minimum absolute atomic E-state index is 0.921. The fourth-order valence-corrected chi connectivity index (χ4v) is 10.6. The topological polar surface area (TPSA) is 21.3 Å². The molecule has 3 nitrogen and oxygen atoms in total. The second kappa shape index (κ2) is 16.1. The minimum Gasteiger partial charge on any atom is -0.455 e. The van der Waals surface area contributed by atoms with E-state index in [1.54, 1.807) is 0 Å². The number of aromatic nitrogens is 1. The molecule has 10 aromatic carbocycles. The molecule has 1 aliphatic rings. The van der Waals surface area contributed by atoms with E-state index in [0.717, 1.165) is 57.4 Å². The van der Waals surface area contributed by atoms with E-state index in [4.69, 9.17) is 4.42 Å². The van der Waals surface area contributed by atoms with Gasteiger partial charge in [-0.05, 0) is 106 Å². The van der Waals surface area contributed by atoms with Crippen molar-refractivity contribution in [3.05, 3.63) is 254 Å². The molecule has 13 rings (SSSR count). The summed E-state index contributed by atoms with van der Waals surface area (Å²) in [7, 11) is 0. The van der Waals surface area contributed by atoms with Crippen LogP contribution in [0.4, 0.5) is 17.1 Å². The number of hydrogen-bond donors (Lipinski definition) is 0. The van der Waals surface area contributed by atoms with Crippen LogP contribution in [-0.4, -0.2) is 4.57 Å². The van der Waals surface area contributed by atoms with E-state index < -0.39 is 0 Å². The lowest BCUT2D eigenvalue weighted by Gasteiger charge is -2.27. The summed E-state index contributed by atoms with van der Waals surface area (Å²) in [5.74, 6) is 0. The minimum atomic E-state index is 0.921. The molecule has 0 aliphatic heterocycles. The van der Waals surface area contributed by atoms with Gasteiger partial charge < -0.3 is 13.9 Å². The van der Waals surface area contributed by atoms with E-state index >= 15 is 0 Å². The van der Waals surface area contributed by atoms with Gasteiger partial charge in [-0.3, -0.25) is 0 Å². The largest absolute Gasteiger partial charge is 0.455 e. The molecule has 0 amide bonds. The molecule has 0 bridgehead atoms. The zero-order valence-electron chi connectivity index (χ0n) is 36.8. The van der Waals surface area contributed by atoms with Crippen molar-refractivity contribution in [1.82, 2.24) is 4.57 Å². The van der Waals surface area contributed by atoms with Crippen molar-refractivity contribution in [2.24, 2.45) is 0 Å². The number of fused-ring (bicyclic) bond motifs is 7. The summed E-state index contributed by atoms with van der Waals surface area (Å²) in [6.07, 6.45) is 6.55. The fraction of sp³-hybridized carbons (Fsp3) is 0.0312. The lowest BCUT2D eigenvalue weighted by Crippen LogP contribution is -2.10. The van der Waals surface area contributed by atoms with Crippen LogP contribution in [0.1, 0.15) is 24.0 Å². The van der Waals surface area contributed by atoms with Crippen LogP contribution in [0.2, 0.25) is 0 Å². The molecule has 2 aromatic heterocycles. The first-order chi connectivity index (χ1) is 33.2. The molecule has 0 N–H and O–H groups in total. The zero-order chi connectivity index (χ0) is 44.3. The number of hydrogen-bond acceptors (Lipinski definition) is 2. The molecule has 12 aromatic rings. The Morgan fingerprint density at radius 3 is 1.69 bits per heavy atom. The zero-order valence-corrected chi connectivity index (χ0v) is 36.8. The molecule has 0 spiro atoms. The first kappa shape index (κ1) is 38.8. The van der Waals surface area contributed by atoms with Gasteiger partial charge in [0, 0.05) is 49.4 Å². The van der Waals surface area contributed by atoms with E-state index in [0.29, 0.717) is 0 Å². The molecule has 3 heteroatoms. The smallest absolute Gasteiger partial charge is 0.143 e. The first-order valence-corrected chi connectivity index (χ1v) is 23.2. The maximum atomic E-state index is 6.53. The third-order valence-electron chi connectivity index (χ3n) is 13.7. The highest BCUT2D eigenvalue weighted by Gasteiger charge is 2.21. The molecule has 316 valence electrons. The van der Waals surface area contributed by atoms with Crippen LogP contribution in [0.5, 0.6) is 0 Å². The molecule has 2 heterocycles. The summed E-state index contributed by atoms with van der Waals surface area (Å²) in [4.78, 5) is 2.40. The molecule has 0 unspecified atom stereocenters. The van der Waals surface area contributed by atoms with Gasteiger partial charge in [0.25, 0.3) is 0 Å². The van der Waals surface area contributed by atoms with Crippen molar-refractivity contribution in [2.45, 2.75) is 12.8 Å². The fourth-order valence-electron chi connectivity index (χ4n) is 10.6. The molecule has 1 aliphatic carbocycles. The maximum Gasteiger partial charge on any atom is 0.143 e. The summed E-state index contributed by atoms with van der Waals surface area (Å²) in [6.45, 7) is 0. The van der Waals surface area contributed by atoms with Crippen LogP contribution < -0.4 is 4.90 Å². The van der Waals surface area contributed by atoms with Crippen LogP contribution in [0.15, 0.2) is 247 Å². The standard InChI is InChI=1S/C64H44N2O/c1-2-18-51-45(15-1)16-13-29-59(51)65(49-41-37-46(38-42-49)50-17-3-4-20-53(50)57-24-14-25-58-56-23-8-12-30-63(56)67-64(57)58)48-39-35-44(36-40-48)43-31-33-47(34-32-43)52-19-5-9-26-60(52)66-61-27-10-6-21-54(61)55-22-7-11-28-62(55)66/h1-2,4-16,18-42H,3,17H2. The number of nitrogens with zero attached hydrogens (tertiary/aromatic N) is 2. The molecule has 67 heavy (non-hydrogen) atoms. The van der Waals surface area contributed by atoms with Crippen molar-refractivity contribution in [3.63, 3.8) is 0 Å². The van der Waals surface area contributed by atoms with Gasteiger partial charge in [0.15, 0.2) is 0 Å². The van der Waals surface area contributed by atoms with Gasteiger partial charge in [0.1, 0.15) is 11.2 Å². The molecule has 0 saturated carbocycles. The predicted octanol–water partition coefficient (Wildman–Crippen LogP) is 17.9. The third-order valence-corrected chi connectivity index (χ3v) is 13.7. The molecule has 0 saturated heterocycles. The Morgan fingerprint density at radius 2 is 0.940 bits per heavy atom. The first-order valence-electron chi connectivity index (χ1n) is 23.2. The Labute approximate surface area is 389 Å². The van der Waals surface area contributed by atoms with Crippen molar-refractivity contribution in [2.75, 3.05) is 4.90 Å². The number of furan rings is 1. The number of allylic oxidation sites excluding steroid dienone is 4. The Kier molecular flexibility index (Phi) is 9.31. The van der Waals surface area contributed by atoms with Gasteiger partial charge in [-0.25, -0.2) is 0 Å². The summed E-state index contributed by atoms with van der Waals surface area (Å²) in [5, 5.41) is 7.25. The SMILES string of the molecule is C1=CC(c2cccc3c2oc2ccccc23)=C(c2ccc(N(c3ccc(-c4ccc(-c5ccccc5-n5c6ccccc6c6ccccc65)cc4)cc3)c3cccc4ccccc34)cc2)CC1. The molecule has 0 radical (unpaired) electrons. The van der Waals surface area contributed by atoms with Crippen LogP contribution in [0.3, 0.4) is 0 Å². The second-order valence-electron chi connectivity index (χ2n) is 17.5. The highest BCUT2D eigenvalue weighted by atomic mass is 16.3. The normalized spacial score (nSPS) is 12.8. The van der Waals surface area contributed by atoms with E-state index in [9.17, 15) is 0 Å². The van der Waals surface area contributed by atoms with Crippen molar-refractivity contribution in [1.29, 1.82) is 0 Å². The van der Waals surface area contributed by atoms with Crippen molar-refractivity contribution in [3.8, 4) is 27.9 Å². The number of para-hydroxylation sites is 5. The Morgan fingerprint density at radius 1 is 0.403 bits per heavy atom. The van der Waals surface area contributed by atoms with Gasteiger partial charge in [-0.15, -0.1) is 0 Å². The van der Waals surface area contributed by atoms with Crippen molar-refractivity contribution >= 4 is 82.7 Å². The Bertz CT molecular complexity index is 3840. The number of benzene rings is 10. The Hall–Kier alpha value is -8.66. The highest BCUT2D eigenvalue weighted by molar-refractivity contribution is 6.12. The third kappa shape index (κ3) is 6.58. The van der Waals surface area contributed by atoms with Crippen LogP contribution >= 0.6 is 0 Å². The maximum absolute atomic E-state index is 6.53. The molecule has 0 atom stereocenters. The lowest BCUT2D eigenvalue weighted by atomic mass is 9.87. The Balaban J connectivity index is 0.854. The quantitative estimate of drug-likeness (QED) is 0.152. The molecular weight excluding hydrogens is 813 g/mol. The number of anilines is 3. The lowest BCUT2D eigenvalue weighted by molar-refractivity contribution is 0.668. The summed E-state index contributed by atoms with van der Waals surface area (Å²) in [5.41, 5.74) is 18.5. The van der Waals surface area contributed by atoms with E-state index in [1.165, 1.54) is 77.2 Å². The molecule has 0 fully saturated rings. The van der Waals surface area contributed by atoms with Crippen molar-refractivity contribution < 1.29 is 4.42 Å². The van der Waals surface area contributed by atoms with Gasteiger partial charge in [0.2, 0.25) is 0 Å². The van der Waals surface area contributed by atoms with E-state index in [1.807, 2.05) is 6.07 Å². The van der Waals surface area contributed by atoms with Gasteiger partial charge in [-0.2, -0.15) is 0 Å². The van der Waals surface area contributed by atoms with Gasteiger partial charge >= 0.3 is 0 Å².